The van der Waals surface area contributed by atoms with Gasteiger partial charge in [-0.15, -0.1) is 0 Å². The first-order chi connectivity index (χ1) is 11.5. The maximum absolute atomic E-state index is 11.4. The predicted molar refractivity (Wildman–Crippen MR) is 92.5 cm³/mol. The number of ether oxygens (including phenoxy) is 1. The molecule has 0 saturated heterocycles. The van der Waals surface area contributed by atoms with Crippen molar-refractivity contribution in [2.45, 2.75) is 26.4 Å². The van der Waals surface area contributed by atoms with Gasteiger partial charge in [0.05, 0.1) is 0 Å². The van der Waals surface area contributed by atoms with Crippen molar-refractivity contribution in [3.05, 3.63) is 65.2 Å². The van der Waals surface area contributed by atoms with E-state index in [1.807, 2.05) is 36.4 Å². The van der Waals surface area contributed by atoms with Gasteiger partial charge in [0, 0.05) is 5.56 Å². The van der Waals surface area contributed by atoms with Crippen molar-refractivity contribution in [1.82, 2.24) is 0 Å². The number of carbonyl (C=O) groups is 1. The molecular formula is C19H21NO4. The van der Waals surface area contributed by atoms with Crippen LogP contribution >= 0.6 is 0 Å². The van der Waals surface area contributed by atoms with Crippen LogP contribution in [0.1, 0.15) is 36.5 Å². The van der Waals surface area contributed by atoms with Crippen molar-refractivity contribution >= 4 is 11.7 Å². The molecule has 2 aromatic rings. The van der Waals surface area contributed by atoms with E-state index in [0.717, 1.165) is 16.9 Å². The van der Waals surface area contributed by atoms with Gasteiger partial charge in [0.15, 0.2) is 5.71 Å². The van der Waals surface area contributed by atoms with Crippen molar-refractivity contribution in [3.8, 4) is 5.75 Å². The first-order valence-electron chi connectivity index (χ1n) is 7.69. The number of rotatable bonds is 7. The van der Waals surface area contributed by atoms with Crippen LogP contribution in [0.15, 0.2) is 53.7 Å². The van der Waals surface area contributed by atoms with Gasteiger partial charge in [0.2, 0.25) is 0 Å². The Hall–Kier alpha value is -2.82. The van der Waals surface area contributed by atoms with Gasteiger partial charge in [-0.3, -0.25) is 0 Å². The van der Waals surface area contributed by atoms with Gasteiger partial charge in [0.1, 0.15) is 19.5 Å². The van der Waals surface area contributed by atoms with E-state index in [1.165, 1.54) is 7.11 Å². The zero-order valence-electron chi connectivity index (χ0n) is 14.0. The maximum Gasteiger partial charge on any atom is 0.358 e. The number of benzene rings is 2. The van der Waals surface area contributed by atoms with Gasteiger partial charge in [-0.2, -0.15) is 0 Å². The van der Waals surface area contributed by atoms with Crippen LogP contribution in [0.4, 0.5) is 0 Å². The minimum Gasteiger partial charge on any atom is -0.489 e. The normalized spacial score (nSPS) is 11.4. The Balaban J connectivity index is 2.29. The Labute approximate surface area is 141 Å². The van der Waals surface area contributed by atoms with Gasteiger partial charge in [-0.25, -0.2) is 4.79 Å². The lowest BCUT2D eigenvalue weighted by molar-refractivity contribution is -0.129. The minimum absolute atomic E-state index is 0.145. The van der Waals surface area contributed by atoms with E-state index in [9.17, 15) is 9.90 Å². The van der Waals surface area contributed by atoms with Crippen molar-refractivity contribution in [2.75, 3.05) is 7.11 Å². The lowest BCUT2D eigenvalue weighted by atomic mass is 10.0. The molecule has 0 radical (unpaired) electrons. The van der Waals surface area contributed by atoms with E-state index < -0.39 is 5.97 Å². The fourth-order valence-corrected chi connectivity index (χ4v) is 2.42. The molecule has 2 aromatic carbocycles. The molecule has 0 amide bonds. The fourth-order valence-electron chi connectivity index (χ4n) is 2.42. The minimum atomic E-state index is -1.15. The van der Waals surface area contributed by atoms with E-state index in [4.69, 9.17) is 4.74 Å². The quantitative estimate of drug-likeness (QED) is 0.620. The van der Waals surface area contributed by atoms with E-state index >= 15 is 0 Å². The highest BCUT2D eigenvalue weighted by Crippen LogP contribution is 2.27. The first kappa shape index (κ1) is 17.5. The molecule has 0 aliphatic heterocycles. The van der Waals surface area contributed by atoms with Gasteiger partial charge in [-0.1, -0.05) is 61.5 Å². The summed E-state index contributed by atoms with van der Waals surface area (Å²) in [5.41, 5.74) is 2.18. The van der Waals surface area contributed by atoms with Gasteiger partial charge < -0.3 is 14.7 Å². The summed E-state index contributed by atoms with van der Waals surface area (Å²) in [6.07, 6.45) is 0. The summed E-state index contributed by atoms with van der Waals surface area (Å²) in [7, 11) is 1.32. The lowest BCUT2D eigenvalue weighted by Crippen LogP contribution is -2.17. The number of carboxylic acids is 1. The maximum atomic E-state index is 11.4. The molecule has 0 unspecified atom stereocenters. The molecule has 5 heteroatoms. The zero-order valence-corrected chi connectivity index (χ0v) is 14.0. The Bertz CT molecular complexity index is 738. The van der Waals surface area contributed by atoms with Crippen molar-refractivity contribution < 1.29 is 19.5 Å². The average molecular weight is 327 g/mol. The lowest BCUT2D eigenvalue weighted by Gasteiger charge is -2.15. The van der Waals surface area contributed by atoms with E-state index in [-0.39, 0.29) is 12.3 Å². The van der Waals surface area contributed by atoms with Gasteiger partial charge >= 0.3 is 5.97 Å². The molecular weight excluding hydrogens is 306 g/mol. The number of oxime groups is 1. The number of hydrogen-bond donors (Lipinski definition) is 1. The highest BCUT2D eigenvalue weighted by Gasteiger charge is 2.18. The molecule has 0 heterocycles. The van der Waals surface area contributed by atoms with E-state index in [1.54, 1.807) is 12.1 Å². The number of nitrogens with zero attached hydrogens (tertiary/aromatic N) is 1. The molecule has 2 rings (SSSR count). The summed E-state index contributed by atoms with van der Waals surface area (Å²) in [6, 6.07) is 14.9. The second kappa shape index (κ2) is 8.15. The molecule has 126 valence electrons. The Morgan fingerprint density at radius 1 is 1.12 bits per heavy atom. The van der Waals surface area contributed by atoms with Crippen molar-refractivity contribution in [1.29, 1.82) is 0 Å². The summed E-state index contributed by atoms with van der Waals surface area (Å²) in [5, 5.41) is 12.9. The second-order valence-electron chi connectivity index (χ2n) is 5.57. The SMILES string of the molecule is CON=C(C(=O)O)c1ccccc1COc1ccccc1C(C)C. The van der Waals surface area contributed by atoms with Crippen LogP contribution in [0.25, 0.3) is 0 Å². The molecule has 0 atom stereocenters. The number of para-hydroxylation sites is 1. The third kappa shape index (κ3) is 4.13. The Morgan fingerprint density at radius 3 is 2.46 bits per heavy atom. The molecule has 0 fully saturated rings. The van der Waals surface area contributed by atoms with Gasteiger partial charge in [0.25, 0.3) is 0 Å². The highest BCUT2D eigenvalue weighted by molar-refractivity contribution is 6.42. The third-order valence-corrected chi connectivity index (χ3v) is 3.58. The molecule has 0 spiro atoms. The van der Waals surface area contributed by atoms with E-state index in [2.05, 4.69) is 23.8 Å². The van der Waals surface area contributed by atoms with Crippen LogP contribution in [0.5, 0.6) is 5.75 Å². The second-order valence-corrected chi connectivity index (χ2v) is 5.57. The third-order valence-electron chi connectivity index (χ3n) is 3.58. The van der Waals surface area contributed by atoms with Crippen LogP contribution < -0.4 is 4.74 Å². The molecule has 24 heavy (non-hydrogen) atoms. The molecule has 1 N–H and O–H groups in total. The van der Waals surface area contributed by atoms with Crippen molar-refractivity contribution in [2.24, 2.45) is 5.16 Å². The summed E-state index contributed by atoms with van der Waals surface area (Å²) < 4.78 is 5.94. The Kier molecular flexibility index (Phi) is 5.95. The van der Waals surface area contributed by atoms with Crippen LogP contribution in [0, 0.1) is 0 Å². The number of carboxylic acid groups (broad SMARTS) is 1. The predicted octanol–water partition coefficient (Wildman–Crippen LogP) is 3.82. The molecule has 0 aromatic heterocycles. The smallest absolute Gasteiger partial charge is 0.358 e. The fraction of sp³-hybridized carbons (Fsp3) is 0.263. The van der Waals surface area contributed by atoms with Gasteiger partial charge in [-0.05, 0) is 23.1 Å². The molecule has 0 aliphatic rings. The van der Waals surface area contributed by atoms with Crippen molar-refractivity contribution in [3.63, 3.8) is 0 Å². The number of hydrogen-bond acceptors (Lipinski definition) is 4. The summed E-state index contributed by atoms with van der Waals surface area (Å²) in [4.78, 5) is 16.1. The zero-order chi connectivity index (χ0) is 17.5. The van der Waals surface area contributed by atoms with Crippen LogP contribution in [-0.2, 0) is 16.2 Å². The Morgan fingerprint density at radius 2 is 1.79 bits per heavy atom. The largest absolute Gasteiger partial charge is 0.489 e. The molecule has 0 aliphatic carbocycles. The standard InChI is InChI=1S/C19H21NO4/c1-13(2)15-9-6-7-11-17(15)24-12-14-8-4-5-10-16(14)18(19(21)22)20-23-3/h4-11,13H,12H2,1-3H3,(H,21,22). The van der Waals surface area contributed by atoms with Crippen LogP contribution in [0.2, 0.25) is 0 Å². The summed E-state index contributed by atoms with van der Waals surface area (Å²) in [6.45, 7) is 4.45. The van der Waals surface area contributed by atoms with Crippen LogP contribution in [0.3, 0.4) is 0 Å². The first-order valence-corrected chi connectivity index (χ1v) is 7.69. The molecule has 0 bridgehead atoms. The van der Waals surface area contributed by atoms with Crippen LogP contribution in [-0.4, -0.2) is 23.9 Å². The average Bonchev–Trinajstić information content (AvgIpc) is 2.58. The summed E-state index contributed by atoms with van der Waals surface area (Å²) in [5.74, 6) is -0.0178. The molecule has 0 saturated carbocycles. The summed E-state index contributed by atoms with van der Waals surface area (Å²) >= 11 is 0. The monoisotopic (exact) mass is 327 g/mol. The molecule has 5 nitrogen and oxygen atoms in total. The highest BCUT2D eigenvalue weighted by atomic mass is 16.6. The topological polar surface area (TPSA) is 68.1 Å². The van der Waals surface area contributed by atoms with E-state index in [0.29, 0.717) is 11.5 Å². The number of aliphatic carboxylic acids is 1.